The summed E-state index contributed by atoms with van der Waals surface area (Å²) < 4.78 is 0. The second kappa shape index (κ2) is 5.72. The van der Waals surface area contributed by atoms with E-state index < -0.39 is 12.0 Å². The molecule has 1 aliphatic rings. The van der Waals surface area contributed by atoms with Crippen molar-refractivity contribution in [1.29, 1.82) is 0 Å². The van der Waals surface area contributed by atoms with Crippen LogP contribution >= 0.6 is 0 Å². The number of hydrogen-bond donors (Lipinski definition) is 1. The first kappa shape index (κ1) is 13.9. The lowest BCUT2D eigenvalue weighted by atomic mass is 10.1. The number of anilines is 1. The van der Waals surface area contributed by atoms with E-state index in [1.54, 1.807) is 6.20 Å². The van der Waals surface area contributed by atoms with Crippen molar-refractivity contribution in [3.05, 3.63) is 36.0 Å². The van der Waals surface area contributed by atoms with Crippen LogP contribution in [-0.4, -0.2) is 28.6 Å². The molecule has 1 aliphatic heterocycles. The topological polar surface area (TPSA) is 53.4 Å². The highest BCUT2D eigenvalue weighted by molar-refractivity contribution is 5.94. The van der Waals surface area contributed by atoms with Crippen LogP contribution in [0.3, 0.4) is 0 Å². The summed E-state index contributed by atoms with van der Waals surface area (Å²) in [6.45, 7) is 2.96. The third-order valence-corrected chi connectivity index (χ3v) is 4.17. The maximum atomic E-state index is 11.4. The lowest BCUT2D eigenvalue weighted by Gasteiger charge is -2.25. The van der Waals surface area contributed by atoms with E-state index >= 15 is 0 Å². The van der Waals surface area contributed by atoms with Crippen molar-refractivity contribution in [2.45, 2.75) is 38.6 Å². The fourth-order valence-corrected chi connectivity index (χ4v) is 3.19. The van der Waals surface area contributed by atoms with E-state index in [0.717, 1.165) is 42.4 Å². The normalized spacial score (nSPS) is 18.3. The highest BCUT2D eigenvalue weighted by Crippen LogP contribution is 2.32. The van der Waals surface area contributed by atoms with Gasteiger partial charge in [0.2, 0.25) is 0 Å². The fourth-order valence-electron chi connectivity index (χ4n) is 3.19. The largest absolute Gasteiger partial charge is 0.480 e. The number of aryl methyl sites for hydroxylation is 1. The zero-order valence-corrected chi connectivity index (χ0v) is 12.2. The molecule has 0 aliphatic carbocycles. The van der Waals surface area contributed by atoms with Gasteiger partial charge in [0.1, 0.15) is 6.04 Å². The van der Waals surface area contributed by atoms with Gasteiger partial charge in [-0.1, -0.05) is 19.4 Å². The molecule has 2 aromatic rings. The molecule has 0 radical (unpaired) electrons. The van der Waals surface area contributed by atoms with Gasteiger partial charge >= 0.3 is 5.97 Å². The summed E-state index contributed by atoms with van der Waals surface area (Å²) in [5.74, 6) is -0.734. The van der Waals surface area contributed by atoms with Gasteiger partial charge in [0.05, 0.1) is 5.52 Å². The third-order valence-electron chi connectivity index (χ3n) is 4.17. The average molecular weight is 284 g/mol. The Kier molecular flexibility index (Phi) is 3.78. The lowest BCUT2D eigenvalue weighted by Crippen LogP contribution is -2.36. The van der Waals surface area contributed by atoms with Crippen molar-refractivity contribution in [2.24, 2.45) is 0 Å². The Morgan fingerprint density at radius 3 is 3.05 bits per heavy atom. The van der Waals surface area contributed by atoms with E-state index in [-0.39, 0.29) is 0 Å². The molecule has 0 saturated carbocycles. The molecule has 0 amide bonds. The standard InChI is InChI=1S/C17H20N2O2/c1-2-4-12-6-7-14-13(11-12)15(8-9-18-14)19-10-3-5-16(19)17(20)21/h6-9,11,16H,2-5,10H2,1H3,(H,20,21). The first-order chi connectivity index (χ1) is 10.2. The second-order valence-electron chi connectivity index (χ2n) is 5.62. The minimum absolute atomic E-state index is 0.412. The molecule has 1 atom stereocenters. The predicted molar refractivity (Wildman–Crippen MR) is 83.7 cm³/mol. The monoisotopic (exact) mass is 284 g/mol. The van der Waals surface area contributed by atoms with Crippen molar-refractivity contribution in [3.63, 3.8) is 0 Å². The highest BCUT2D eigenvalue weighted by Gasteiger charge is 2.31. The van der Waals surface area contributed by atoms with E-state index in [2.05, 4.69) is 24.0 Å². The number of aromatic nitrogens is 1. The maximum absolute atomic E-state index is 11.4. The van der Waals surface area contributed by atoms with Gasteiger partial charge in [-0.15, -0.1) is 0 Å². The van der Waals surface area contributed by atoms with Crippen LogP contribution in [0.2, 0.25) is 0 Å². The van der Waals surface area contributed by atoms with Crippen LogP contribution in [0.15, 0.2) is 30.5 Å². The van der Waals surface area contributed by atoms with Gasteiger partial charge in [-0.2, -0.15) is 0 Å². The van der Waals surface area contributed by atoms with Crippen LogP contribution in [0, 0.1) is 0 Å². The summed E-state index contributed by atoms with van der Waals surface area (Å²) in [6.07, 6.45) is 5.55. The number of hydrogen-bond acceptors (Lipinski definition) is 3. The van der Waals surface area contributed by atoms with Crippen molar-refractivity contribution in [1.82, 2.24) is 4.98 Å². The maximum Gasteiger partial charge on any atom is 0.326 e. The Morgan fingerprint density at radius 2 is 2.29 bits per heavy atom. The summed E-state index contributed by atoms with van der Waals surface area (Å²) >= 11 is 0. The molecule has 1 unspecified atom stereocenters. The van der Waals surface area contributed by atoms with E-state index in [4.69, 9.17) is 0 Å². The summed E-state index contributed by atoms with van der Waals surface area (Å²) in [5, 5.41) is 10.5. The molecule has 0 bridgehead atoms. The zero-order chi connectivity index (χ0) is 14.8. The number of nitrogens with zero attached hydrogens (tertiary/aromatic N) is 2. The number of aliphatic carboxylic acids is 1. The molecule has 110 valence electrons. The number of pyridine rings is 1. The number of carboxylic acid groups (broad SMARTS) is 1. The van der Waals surface area contributed by atoms with Crippen LogP contribution in [-0.2, 0) is 11.2 Å². The van der Waals surface area contributed by atoms with Crippen LogP contribution in [0.4, 0.5) is 5.69 Å². The summed E-state index contributed by atoms with van der Waals surface area (Å²) in [6, 6.07) is 7.85. The van der Waals surface area contributed by atoms with Crippen molar-refractivity contribution >= 4 is 22.6 Å². The van der Waals surface area contributed by atoms with Gasteiger partial charge in [0.15, 0.2) is 0 Å². The smallest absolute Gasteiger partial charge is 0.326 e. The molecule has 3 rings (SSSR count). The summed E-state index contributed by atoms with van der Waals surface area (Å²) in [5.41, 5.74) is 3.22. The highest BCUT2D eigenvalue weighted by atomic mass is 16.4. The van der Waals surface area contributed by atoms with Crippen LogP contribution in [0.25, 0.3) is 10.9 Å². The van der Waals surface area contributed by atoms with Crippen LogP contribution in [0.5, 0.6) is 0 Å². The Balaban J connectivity index is 2.08. The molecule has 1 saturated heterocycles. The Hall–Kier alpha value is -2.10. The van der Waals surface area contributed by atoms with Gasteiger partial charge < -0.3 is 10.0 Å². The molecule has 0 spiro atoms. The van der Waals surface area contributed by atoms with Gasteiger partial charge in [0.25, 0.3) is 0 Å². The molecule has 1 aromatic carbocycles. The Bertz CT molecular complexity index is 669. The predicted octanol–water partition coefficient (Wildman–Crippen LogP) is 3.24. The Labute approximate surface area is 124 Å². The van der Waals surface area contributed by atoms with Gasteiger partial charge in [-0.25, -0.2) is 4.79 Å². The SMILES string of the molecule is CCCc1ccc2nccc(N3CCCC3C(=O)O)c2c1. The van der Waals surface area contributed by atoms with Gasteiger partial charge in [0, 0.05) is 23.8 Å². The molecule has 1 N–H and O–H groups in total. The van der Waals surface area contributed by atoms with Crippen molar-refractivity contribution < 1.29 is 9.90 Å². The minimum atomic E-state index is -0.734. The lowest BCUT2D eigenvalue weighted by molar-refractivity contribution is -0.138. The number of rotatable bonds is 4. The van der Waals surface area contributed by atoms with Crippen LogP contribution in [0.1, 0.15) is 31.7 Å². The third kappa shape index (κ3) is 2.58. The van der Waals surface area contributed by atoms with Gasteiger partial charge in [-0.3, -0.25) is 4.98 Å². The molecule has 1 fully saturated rings. The fraction of sp³-hybridized carbons (Fsp3) is 0.412. The average Bonchev–Trinajstić information content (AvgIpc) is 2.96. The van der Waals surface area contributed by atoms with E-state index in [1.165, 1.54) is 5.56 Å². The van der Waals surface area contributed by atoms with Crippen LogP contribution < -0.4 is 4.90 Å². The number of benzene rings is 1. The molecule has 2 heterocycles. The molecular formula is C17H20N2O2. The first-order valence-electron chi connectivity index (χ1n) is 7.58. The first-order valence-corrected chi connectivity index (χ1v) is 7.58. The zero-order valence-electron chi connectivity index (χ0n) is 12.2. The van der Waals surface area contributed by atoms with E-state index in [1.807, 2.05) is 17.0 Å². The number of carbonyl (C=O) groups is 1. The van der Waals surface area contributed by atoms with Crippen molar-refractivity contribution in [2.75, 3.05) is 11.4 Å². The molecule has 21 heavy (non-hydrogen) atoms. The molecule has 1 aromatic heterocycles. The molecular weight excluding hydrogens is 264 g/mol. The minimum Gasteiger partial charge on any atom is -0.480 e. The van der Waals surface area contributed by atoms with Crippen molar-refractivity contribution in [3.8, 4) is 0 Å². The summed E-state index contributed by atoms with van der Waals surface area (Å²) in [7, 11) is 0. The van der Waals surface area contributed by atoms with E-state index in [0.29, 0.717) is 6.42 Å². The van der Waals surface area contributed by atoms with E-state index in [9.17, 15) is 9.90 Å². The summed E-state index contributed by atoms with van der Waals surface area (Å²) in [4.78, 5) is 17.9. The Morgan fingerprint density at radius 1 is 1.43 bits per heavy atom. The number of carboxylic acids is 1. The number of fused-ring (bicyclic) bond motifs is 1. The second-order valence-corrected chi connectivity index (χ2v) is 5.62. The molecule has 4 heteroatoms. The molecule has 4 nitrogen and oxygen atoms in total. The quantitative estimate of drug-likeness (QED) is 0.936. The van der Waals surface area contributed by atoms with Gasteiger partial charge in [-0.05, 0) is 43.0 Å².